The van der Waals surface area contributed by atoms with Crippen LogP contribution in [0.25, 0.3) is 0 Å². The van der Waals surface area contributed by atoms with E-state index in [9.17, 15) is 33.0 Å². The number of hydrogen-bond donors (Lipinski definition) is 2. The molecule has 2 N–H and O–H groups in total. The smallest absolute Gasteiger partial charge is 0.421 e. The molecule has 10 heteroatoms. The lowest BCUT2D eigenvalue weighted by Crippen LogP contribution is -2.42. The van der Waals surface area contributed by atoms with E-state index in [-0.39, 0.29) is 40.4 Å². The van der Waals surface area contributed by atoms with Crippen LogP contribution in [0.4, 0.5) is 18.9 Å². The molecule has 1 saturated carbocycles. The number of aromatic nitrogens is 1. The molecule has 0 radical (unpaired) electrons. The van der Waals surface area contributed by atoms with Gasteiger partial charge in [0.25, 0.3) is 0 Å². The Balaban J connectivity index is 1.98. The van der Waals surface area contributed by atoms with Gasteiger partial charge in [-0.05, 0) is 82.2 Å². The molecule has 1 aromatic heterocycles. The van der Waals surface area contributed by atoms with Gasteiger partial charge in [-0.25, -0.2) is 9.78 Å². The summed E-state index contributed by atoms with van der Waals surface area (Å²) in [6.45, 7) is 7.01. The molecule has 0 bridgehead atoms. The van der Waals surface area contributed by atoms with Crippen molar-refractivity contribution >= 4 is 17.6 Å². The SMILES string of the molecule is CC(O)c1cnc(Oc2ccc(N(C(=O)[C@H]3CC[C@H](C)CC3)C(C)C)c(C(=O)O)c2)c(C(F)(F)F)c1. The summed E-state index contributed by atoms with van der Waals surface area (Å²) in [4.78, 5) is 30.7. The second-order valence-corrected chi connectivity index (χ2v) is 9.64. The van der Waals surface area contributed by atoms with Crippen LogP contribution < -0.4 is 9.64 Å². The van der Waals surface area contributed by atoms with E-state index < -0.39 is 29.7 Å². The van der Waals surface area contributed by atoms with Crippen molar-refractivity contribution in [3.05, 3.63) is 47.2 Å². The number of halogens is 3. The molecule has 0 spiro atoms. The van der Waals surface area contributed by atoms with Gasteiger partial charge in [-0.1, -0.05) is 6.92 Å². The predicted molar refractivity (Wildman–Crippen MR) is 127 cm³/mol. The molecule has 1 unspecified atom stereocenters. The van der Waals surface area contributed by atoms with Crippen molar-refractivity contribution in [1.82, 2.24) is 4.98 Å². The Bertz CT molecular complexity index is 1110. The fourth-order valence-corrected chi connectivity index (χ4v) is 4.41. The summed E-state index contributed by atoms with van der Waals surface area (Å²) in [5, 5.41) is 19.5. The highest BCUT2D eigenvalue weighted by molar-refractivity contribution is 6.03. The summed E-state index contributed by atoms with van der Waals surface area (Å²) >= 11 is 0. The molecular weight excluding hydrogens is 477 g/mol. The second kappa shape index (κ2) is 10.9. The van der Waals surface area contributed by atoms with Crippen LogP contribution in [0.1, 0.15) is 81.0 Å². The molecule has 196 valence electrons. The highest BCUT2D eigenvalue weighted by Gasteiger charge is 2.37. The molecule has 1 atom stereocenters. The van der Waals surface area contributed by atoms with Crippen LogP contribution in [-0.4, -0.2) is 33.1 Å². The molecule has 1 heterocycles. The van der Waals surface area contributed by atoms with Crippen LogP contribution >= 0.6 is 0 Å². The number of anilines is 1. The summed E-state index contributed by atoms with van der Waals surface area (Å²) in [5.41, 5.74) is -1.36. The maximum Gasteiger partial charge on any atom is 0.421 e. The van der Waals surface area contributed by atoms with Crippen LogP contribution in [0, 0.1) is 11.8 Å². The highest BCUT2D eigenvalue weighted by atomic mass is 19.4. The normalized spacial score (nSPS) is 19.1. The molecule has 36 heavy (non-hydrogen) atoms. The zero-order valence-corrected chi connectivity index (χ0v) is 20.7. The van der Waals surface area contributed by atoms with E-state index in [1.54, 1.807) is 13.8 Å². The minimum Gasteiger partial charge on any atom is -0.478 e. The van der Waals surface area contributed by atoms with Crippen molar-refractivity contribution in [2.24, 2.45) is 11.8 Å². The van der Waals surface area contributed by atoms with E-state index >= 15 is 0 Å². The van der Waals surface area contributed by atoms with Crippen molar-refractivity contribution in [2.75, 3.05) is 4.90 Å². The Morgan fingerprint density at radius 1 is 1.11 bits per heavy atom. The van der Waals surface area contributed by atoms with Gasteiger partial charge in [0.2, 0.25) is 11.8 Å². The first-order valence-corrected chi connectivity index (χ1v) is 11.9. The Morgan fingerprint density at radius 3 is 2.28 bits per heavy atom. The first-order chi connectivity index (χ1) is 16.8. The van der Waals surface area contributed by atoms with Crippen LogP contribution in [0.3, 0.4) is 0 Å². The molecule has 0 aliphatic heterocycles. The zero-order valence-electron chi connectivity index (χ0n) is 20.7. The Morgan fingerprint density at radius 2 is 1.75 bits per heavy atom. The number of hydrogen-bond acceptors (Lipinski definition) is 5. The van der Waals surface area contributed by atoms with Crippen molar-refractivity contribution in [2.45, 2.75) is 71.7 Å². The first kappa shape index (κ1) is 27.4. The first-order valence-electron chi connectivity index (χ1n) is 11.9. The molecule has 7 nitrogen and oxygen atoms in total. The number of nitrogens with zero attached hydrogens (tertiary/aromatic N) is 2. The fourth-order valence-electron chi connectivity index (χ4n) is 4.41. The molecule has 1 amide bonds. The van der Waals surface area contributed by atoms with Gasteiger partial charge < -0.3 is 19.8 Å². The summed E-state index contributed by atoms with van der Waals surface area (Å²) < 4.78 is 46.2. The Kier molecular flexibility index (Phi) is 8.28. The lowest BCUT2D eigenvalue weighted by molar-refractivity contribution is -0.139. The minimum absolute atomic E-state index is 0.0422. The quantitative estimate of drug-likeness (QED) is 0.461. The van der Waals surface area contributed by atoms with E-state index in [0.717, 1.165) is 44.0 Å². The van der Waals surface area contributed by atoms with Gasteiger partial charge in [-0.2, -0.15) is 13.2 Å². The summed E-state index contributed by atoms with van der Waals surface area (Å²) in [7, 11) is 0. The van der Waals surface area contributed by atoms with Gasteiger partial charge in [0.1, 0.15) is 11.3 Å². The number of aromatic carboxylic acids is 1. The average molecular weight is 509 g/mol. The maximum atomic E-state index is 13.6. The van der Waals surface area contributed by atoms with Crippen LogP contribution in [0.15, 0.2) is 30.5 Å². The Hall–Kier alpha value is -3.14. The van der Waals surface area contributed by atoms with Crippen molar-refractivity contribution in [1.29, 1.82) is 0 Å². The molecule has 1 aliphatic rings. The maximum absolute atomic E-state index is 13.6. The van der Waals surface area contributed by atoms with E-state index in [4.69, 9.17) is 4.74 Å². The monoisotopic (exact) mass is 508 g/mol. The summed E-state index contributed by atoms with van der Waals surface area (Å²) in [5.74, 6) is -2.14. The van der Waals surface area contributed by atoms with Crippen LogP contribution in [-0.2, 0) is 11.0 Å². The number of ether oxygens (including phenoxy) is 1. The van der Waals surface area contributed by atoms with Gasteiger partial charge in [0.05, 0.1) is 17.4 Å². The molecular formula is C26H31F3N2O5. The largest absolute Gasteiger partial charge is 0.478 e. The van der Waals surface area contributed by atoms with Crippen molar-refractivity contribution in [3.63, 3.8) is 0 Å². The number of carboxylic acids is 1. The standard InChI is InChI=1S/C26H31F3N2O5/c1-14(2)31(24(33)17-7-5-15(3)6-8-17)22-10-9-19(12-20(22)25(34)35)36-23-21(26(27,28)29)11-18(13-30-23)16(4)32/h9-17,32H,5-8H2,1-4H3,(H,34,35)/t15-,16?,17-. The number of benzene rings is 1. The van der Waals surface area contributed by atoms with E-state index in [1.807, 2.05) is 0 Å². The third-order valence-corrected chi connectivity index (χ3v) is 6.45. The van der Waals surface area contributed by atoms with Crippen molar-refractivity contribution < 1.29 is 37.7 Å². The minimum atomic E-state index is -4.82. The number of carbonyl (C=O) groups excluding carboxylic acids is 1. The van der Waals surface area contributed by atoms with Crippen LogP contribution in [0.2, 0.25) is 0 Å². The lowest BCUT2D eigenvalue weighted by Gasteiger charge is -2.34. The number of alkyl halides is 3. The Labute approximate surface area is 207 Å². The van der Waals surface area contributed by atoms with Crippen molar-refractivity contribution in [3.8, 4) is 11.6 Å². The van der Waals surface area contributed by atoms with Gasteiger partial charge >= 0.3 is 12.1 Å². The third-order valence-electron chi connectivity index (χ3n) is 6.45. The van der Waals surface area contributed by atoms with Gasteiger partial charge in [0.15, 0.2) is 0 Å². The molecule has 2 aromatic rings. The number of aliphatic hydroxyl groups is 1. The van der Waals surface area contributed by atoms with Gasteiger partial charge in [-0.15, -0.1) is 0 Å². The topological polar surface area (TPSA) is 100.0 Å². The zero-order chi connectivity index (χ0) is 26.8. The number of pyridine rings is 1. The summed E-state index contributed by atoms with van der Waals surface area (Å²) in [6, 6.07) is 4.18. The number of rotatable bonds is 7. The van der Waals surface area contributed by atoms with Gasteiger partial charge in [-0.3, -0.25) is 4.79 Å². The molecule has 1 fully saturated rings. The van der Waals surface area contributed by atoms with E-state index in [1.165, 1.54) is 24.0 Å². The number of amides is 1. The van der Waals surface area contributed by atoms with Gasteiger partial charge in [0, 0.05) is 18.2 Å². The van der Waals surface area contributed by atoms with Crippen LogP contribution in [0.5, 0.6) is 11.6 Å². The lowest BCUT2D eigenvalue weighted by atomic mass is 9.82. The molecule has 0 saturated heterocycles. The summed E-state index contributed by atoms with van der Waals surface area (Å²) in [6.07, 6.45) is -1.64. The third kappa shape index (κ3) is 6.16. The average Bonchev–Trinajstić information content (AvgIpc) is 2.79. The number of aliphatic hydroxyl groups excluding tert-OH is 1. The fraction of sp³-hybridized carbons (Fsp3) is 0.500. The van der Waals surface area contributed by atoms with E-state index in [0.29, 0.717) is 5.92 Å². The van der Waals surface area contributed by atoms with E-state index in [2.05, 4.69) is 11.9 Å². The predicted octanol–water partition coefficient (Wildman–Crippen LogP) is 6.21. The highest BCUT2D eigenvalue weighted by Crippen LogP contribution is 2.39. The molecule has 1 aliphatic carbocycles. The number of carboxylic acid groups (broad SMARTS) is 1. The molecule has 3 rings (SSSR count). The number of carbonyl (C=O) groups is 2. The molecule has 1 aromatic carbocycles. The second-order valence-electron chi connectivity index (χ2n) is 9.64.